The molecule has 0 saturated carbocycles. The summed E-state index contributed by atoms with van der Waals surface area (Å²) in [7, 11) is 1.11. The Morgan fingerprint density at radius 2 is 2.07 bits per heavy atom. The lowest BCUT2D eigenvalue weighted by atomic mass is 10.1. The van der Waals surface area contributed by atoms with Crippen molar-refractivity contribution in [3.63, 3.8) is 0 Å². The van der Waals surface area contributed by atoms with Gasteiger partial charge in [0.25, 0.3) is 0 Å². The quantitative estimate of drug-likeness (QED) is 0.537. The maximum absolute atomic E-state index is 11.1. The lowest BCUT2D eigenvalue weighted by Crippen LogP contribution is -2.03. The second kappa shape index (κ2) is 3.78. The van der Waals surface area contributed by atoms with Gasteiger partial charge in [-0.05, 0) is 12.1 Å². The van der Waals surface area contributed by atoms with Crippen molar-refractivity contribution in [1.29, 1.82) is 0 Å². The van der Waals surface area contributed by atoms with Gasteiger partial charge in [0.15, 0.2) is 6.29 Å². The van der Waals surface area contributed by atoms with Crippen LogP contribution in [0.1, 0.15) is 20.7 Å². The molecule has 0 amide bonds. The lowest BCUT2D eigenvalue weighted by molar-refractivity contribution is 0.0594. The number of aldehydes is 1. The van der Waals surface area contributed by atoms with Crippen molar-refractivity contribution in [2.75, 3.05) is 7.11 Å². The summed E-state index contributed by atoms with van der Waals surface area (Å²) in [5.74, 6) is -1.91. The van der Waals surface area contributed by atoms with Gasteiger partial charge in [0.2, 0.25) is 0 Å². The molecule has 14 heavy (non-hydrogen) atoms. The summed E-state index contributed by atoms with van der Waals surface area (Å²) < 4.78 is 4.32. The molecule has 0 bridgehead atoms. The van der Waals surface area contributed by atoms with Crippen LogP contribution in [0.5, 0.6) is 11.5 Å². The zero-order valence-corrected chi connectivity index (χ0v) is 7.35. The molecule has 5 heteroatoms. The molecule has 5 nitrogen and oxygen atoms in total. The average molecular weight is 196 g/mol. The number of esters is 1. The summed E-state index contributed by atoms with van der Waals surface area (Å²) in [5, 5.41) is 18.6. The van der Waals surface area contributed by atoms with Crippen LogP contribution in [-0.2, 0) is 4.74 Å². The first kappa shape index (κ1) is 10.0. The van der Waals surface area contributed by atoms with E-state index in [0.717, 1.165) is 13.2 Å². The second-order valence-corrected chi connectivity index (χ2v) is 2.51. The summed E-state index contributed by atoms with van der Waals surface area (Å²) in [6.07, 6.45) is 0.376. The molecule has 1 aromatic carbocycles. The third-order valence-electron chi connectivity index (χ3n) is 1.70. The molecule has 0 spiro atoms. The Labute approximate surface area is 79.6 Å². The number of phenolic OH excluding ortho intramolecular Hbond substituents is 2. The van der Waals surface area contributed by atoms with Gasteiger partial charge in [-0.15, -0.1) is 0 Å². The molecule has 1 aromatic rings. The first-order valence-electron chi connectivity index (χ1n) is 3.70. The van der Waals surface area contributed by atoms with Crippen molar-refractivity contribution in [2.45, 2.75) is 0 Å². The molecule has 2 N–H and O–H groups in total. The van der Waals surface area contributed by atoms with Gasteiger partial charge in [-0.25, -0.2) is 4.79 Å². The Hall–Kier alpha value is -2.04. The van der Waals surface area contributed by atoms with E-state index < -0.39 is 23.0 Å². The molecule has 74 valence electrons. The monoisotopic (exact) mass is 196 g/mol. The highest BCUT2D eigenvalue weighted by atomic mass is 16.5. The van der Waals surface area contributed by atoms with Crippen LogP contribution >= 0.6 is 0 Å². The van der Waals surface area contributed by atoms with Crippen LogP contribution in [0, 0.1) is 0 Å². The van der Waals surface area contributed by atoms with Crippen molar-refractivity contribution in [2.24, 2.45) is 0 Å². The smallest absolute Gasteiger partial charge is 0.345 e. The number of benzene rings is 1. The maximum Gasteiger partial charge on any atom is 0.345 e. The number of hydrogen-bond donors (Lipinski definition) is 2. The fraction of sp³-hybridized carbons (Fsp3) is 0.111. The van der Waals surface area contributed by atoms with Gasteiger partial charge in [-0.3, -0.25) is 4.79 Å². The molecule has 0 saturated heterocycles. The number of aromatic hydroxyl groups is 2. The first-order valence-corrected chi connectivity index (χ1v) is 3.70. The standard InChI is InChI=1S/C9H8O5/c1-14-9(13)7-6(11)3-2-5(4-10)8(7)12/h2-4,11-12H,1H3. The van der Waals surface area contributed by atoms with Crippen LogP contribution in [0.2, 0.25) is 0 Å². The van der Waals surface area contributed by atoms with E-state index in [-0.39, 0.29) is 5.56 Å². The Bertz CT molecular complexity index is 383. The van der Waals surface area contributed by atoms with Crippen LogP contribution in [0.4, 0.5) is 0 Å². The van der Waals surface area contributed by atoms with Gasteiger partial charge in [0, 0.05) is 0 Å². The molecule has 0 radical (unpaired) electrons. The predicted molar refractivity (Wildman–Crippen MR) is 46.5 cm³/mol. The van der Waals surface area contributed by atoms with Gasteiger partial charge < -0.3 is 14.9 Å². The Morgan fingerprint density at radius 3 is 2.57 bits per heavy atom. The number of rotatable bonds is 2. The molecule has 0 aromatic heterocycles. The molecule has 1 rings (SSSR count). The van der Waals surface area contributed by atoms with Crippen LogP contribution in [0.3, 0.4) is 0 Å². The minimum absolute atomic E-state index is 0.0804. The third kappa shape index (κ3) is 1.52. The number of hydrogen-bond acceptors (Lipinski definition) is 5. The van der Waals surface area contributed by atoms with Crippen LogP contribution in [0.15, 0.2) is 12.1 Å². The summed E-state index contributed by atoms with van der Waals surface area (Å²) >= 11 is 0. The van der Waals surface area contributed by atoms with E-state index >= 15 is 0 Å². The van der Waals surface area contributed by atoms with Crippen molar-refractivity contribution in [3.8, 4) is 11.5 Å². The van der Waals surface area contributed by atoms with Crippen molar-refractivity contribution < 1.29 is 24.5 Å². The van der Waals surface area contributed by atoms with E-state index in [0.29, 0.717) is 6.29 Å². The minimum atomic E-state index is -0.899. The molecule has 0 unspecified atom stereocenters. The zero-order valence-electron chi connectivity index (χ0n) is 7.35. The minimum Gasteiger partial charge on any atom is -0.507 e. The molecule has 0 heterocycles. The van der Waals surface area contributed by atoms with Crippen molar-refractivity contribution in [3.05, 3.63) is 23.3 Å². The van der Waals surface area contributed by atoms with Gasteiger partial charge in [-0.1, -0.05) is 0 Å². The van der Waals surface area contributed by atoms with E-state index in [1.54, 1.807) is 0 Å². The summed E-state index contributed by atoms with van der Waals surface area (Å²) in [5.41, 5.74) is -0.486. The second-order valence-electron chi connectivity index (χ2n) is 2.51. The number of methoxy groups -OCH3 is 1. The van der Waals surface area contributed by atoms with Crippen molar-refractivity contribution >= 4 is 12.3 Å². The van der Waals surface area contributed by atoms with Gasteiger partial charge in [-0.2, -0.15) is 0 Å². The van der Waals surface area contributed by atoms with Crippen LogP contribution < -0.4 is 0 Å². The average Bonchev–Trinajstić information content (AvgIpc) is 2.18. The predicted octanol–water partition coefficient (Wildman–Crippen LogP) is 0.697. The van der Waals surface area contributed by atoms with Crippen molar-refractivity contribution in [1.82, 2.24) is 0 Å². The van der Waals surface area contributed by atoms with E-state index in [1.165, 1.54) is 6.07 Å². The molecule has 0 aliphatic heterocycles. The molecule has 0 fully saturated rings. The van der Waals surface area contributed by atoms with Gasteiger partial charge in [0.05, 0.1) is 12.7 Å². The summed E-state index contributed by atoms with van der Waals surface area (Å²) in [4.78, 5) is 21.5. The number of carbonyl (C=O) groups excluding carboxylic acids is 2. The highest BCUT2D eigenvalue weighted by Crippen LogP contribution is 2.29. The highest BCUT2D eigenvalue weighted by molar-refractivity contribution is 5.98. The van der Waals surface area contributed by atoms with Crippen LogP contribution in [-0.4, -0.2) is 29.6 Å². The van der Waals surface area contributed by atoms with E-state index in [9.17, 15) is 19.8 Å². The number of carbonyl (C=O) groups is 2. The molecular formula is C9H8O5. The van der Waals surface area contributed by atoms with Crippen LogP contribution in [0.25, 0.3) is 0 Å². The zero-order chi connectivity index (χ0) is 10.7. The third-order valence-corrected chi connectivity index (χ3v) is 1.70. The SMILES string of the molecule is COC(=O)c1c(O)ccc(C=O)c1O. The molecule has 0 atom stereocenters. The highest BCUT2D eigenvalue weighted by Gasteiger charge is 2.19. The van der Waals surface area contributed by atoms with E-state index in [1.807, 2.05) is 0 Å². The number of ether oxygens (including phenoxy) is 1. The number of phenols is 2. The fourth-order valence-corrected chi connectivity index (χ4v) is 0.995. The Morgan fingerprint density at radius 1 is 1.43 bits per heavy atom. The summed E-state index contributed by atoms with van der Waals surface area (Å²) in [6, 6.07) is 2.33. The van der Waals surface area contributed by atoms with Gasteiger partial charge in [0.1, 0.15) is 17.1 Å². The molecular weight excluding hydrogens is 188 g/mol. The lowest BCUT2D eigenvalue weighted by Gasteiger charge is -2.06. The topological polar surface area (TPSA) is 83.8 Å². The van der Waals surface area contributed by atoms with E-state index in [4.69, 9.17) is 0 Å². The Balaban J connectivity index is 3.39. The van der Waals surface area contributed by atoms with E-state index in [2.05, 4.69) is 4.74 Å². The summed E-state index contributed by atoms with van der Waals surface area (Å²) in [6.45, 7) is 0. The fourth-order valence-electron chi connectivity index (χ4n) is 0.995. The maximum atomic E-state index is 11.1. The normalized spacial score (nSPS) is 9.50. The first-order chi connectivity index (χ1) is 6.61. The van der Waals surface area contributed by atoms with Gasteiger partial charge >= 0.3 is 5.97 Å². The Kier molecular flexibility index (Phi) is 2.71. The molecule has 0 aliphatic rings. The largest absolute Gasteiger partial charge is 0.507 e. The molecule has 0 aliphatic carbocycles.